The summed E-state index contributed by atoms with van der Waals surface area (Å²) in [6.07, 6.45) is -0.991. The van der Waals surface area contributed by atoms with Crippen LogP contribution in [0.25, 0.3) is 5.65 Å². The summed E-state index contributed by atoms with van der Waals surface area (Å²) in [4.78, 5) is 17.6. The van der Waals surface area contributed by atoms with Gasteiger partial charge in [0.25, 0.3) is 0 Å². The number of aromatic nitrogens is 2. The molecule has 4 aromatic rings. The maximum absolute atomic E-state index is 13.4. The van der Waals surface area contributed by atoms with Gasteiger partial charge in [0.1, 0.15) is 11.7 Å². The van der Waals surface area contributed by atoms with Crippen molar-refractivity contribution in [1.82, 2.24) is 14.7 Å². The van der Waals surface area contributed by atoms with Crippen molar-refractivity contribution in [3.05, 3.63) is 101 Å². The molecule has 1 amide bonds. The number of halogens is 4. The van der Waals surface area contributed by atoms with Crippen molar-refractivity contribution in [3.8, 4) is 0 Å². The standard InChI is InChI=1S/C23H18ClF3N4O/c24-16-9-10-19(18(12-16)23(25,26)27)30-22(32)21(15-6-2-1-3-7-15)28-13-17-14-31-11-5-4-8-20(31)29-17/h1-12,14,21,28H,13H2,(H,30,32). The lowest BCUT2D eigenvalue weighted by Crippen LogP contribution is -2.33. The first kappa shape index (κ1) is 21.9. The topological polar surface area (TPSA) is 58.4 Å². The zero-order valence-corrected chi connectivity index (χ0v) is 17.4. The molecule has 0 saturated carbocycles. The first-order chi connectivity index (χ1) is 15.3. The second-order valence-corrected chi connectivity index (χ2v) is 7.54. The number of carbonyl (C=O) groups excluding carboxylic acids is 1. The van der Waals surface area contributed by atoms with Gasteiger partial charge < -0.3 is 9.72 Å². The van der Waals surface area contributed by atoms with Crippen molar-refractivity contribution in [2.45, 2.75) is 18.8 Å². The third kappa shape index (κ3) is 4.92. The number of alkyl halides is 3. The van der Waals surface area contributed by atoms with Crippen molar-refractivity contribution in [3.63, 3.8) is 0 Å². The van der Waals surface area contributed by atoms with Gasteiger partial charge >= 0.3 is 6.18 Å². The molecule has 164 valence electrons. The molecule has 0 aliphatic rings. The zero-order chi connectivity index (χ0) is 22.7. The third-order valence-electron chi connectivity index (χ3n) is 4.84. The number of fused-ring (bicyclic) bond motifs is 1. The molecule has 9 heteroatoms. The molecular weight excluding hydrogens is 441 g/mol. The van der Waals surface area contributed by atoms with Crippen LogP contribution < -0.4 is 10.6 Å². The van der Waals surface area contributed by atoms with Gasteiger partial charge in [0.05, 0.1) is 16.9 Å². The van der Waals surface area contributed by atoms with Gasteiger partial charge in [0.15, 0.2) is 0 Å². The molecule has 0 aliphatic heterocycles. The fraction of sp³-hybridized carbons (Fsp3) is 0.130. The Balaban J connectivity index is 1.59. The summed E-state index contributed by atoms with van der Waals surface area (Å²) in [6, 6.07) is 16.7. The van der Waals surface area contributed by atoms with E-state index < -0.39 is 23.7 Å². The Bertz CT molecular complexity index is 1210. The molecule has 0 radical (unpaired) electrons. The number of imidazole rings is 1. The largest absolute Gasteiger partial charge is 0.418 e. The Morgan fingerprint density at radius 1 is 1.06 bits per heavy atom. The van der Waals surface area contributed by atoms with Crippen LogP contribution in [0.1, 0.15) is 22.9 Å². The molecule has 32 heavy (non-hydrogen) atoms. The van der Waals surface area contributed by atoms with Gasteiger partial charge in [0.2, 0.25) is 5.91 Å². The van der Waals surface area contributed by atoms with E-state index in [0.29, 0.717) is 11.3 Å². The van der Waals surface area contributed by atoms with Crippen LogP contribution >= 0.6 is 11.6 Å². The van der Waals surface area contributed by atoms with Crippen LogP contribution in [0.2, 0.25) is 5.02 Å². The molecule has 0 aliphatic carbocycles. The Morgan fingerprint density at radius 3 is 2.53 bits per heavy atom. The van der Waals surface area contributed by atoms with Crippen LogP contribution in [0, 0.1) is 0 Å². The fourth-order valence-corrected chi connectivity index (χ4v) is 3.52. The molecule has 1 unspecified atom stereocenters. The summed E-state index contributed by atoms with van der Waals surface area (Å²) in [6.45, 7) is 0.238. The molecule has 2 aromatic heterocycles. The van der Waals surface area contributed by atoms with E-state index in [0.717, 1.165) is 17.8 Å². The number of amides is 1. The highest BCUT2D eigenvalue weighted by atomic mass is 35.5. The van der Waals surface area contributed by atoms with E-state index in [1.54, 1.807) is 30.3 Å². The predicted molar refractivity (Wildman–Crippen MR) is 116 cm³/mol. The molecule has 5 nitrogen and oxygen atoms in total. The van der Waals surface area contributed by atoms with Crippen LogP contribution in [-0.4, -0.2) is 15.3 Å². The van der Waals surface area contributed by atoms with Crippen LogP contribution in [0.3, 0.4) is 0 Å². The molecule has 1 atom stereocenters. The van der Waals surface area contributed by atoms with Crippen molar-refractivity contribution in [2.75, 3.05) is 5.32 Å². The van der Waals surface area contributed by atoms with Gasteiger partial charge in [-0.1, -0.05) is 48.0 Å². The van der Waals surface area contributed by atoms with Gasteiger partial charge in [-0.3, -0.25) is 10.1 Å². The van der Waals surface area contributed by atoms with E-state index in [1.165, 1.54) is 6.07 Å². The lowest BCUT2D eigenvalue weighted by Gasteiger charge is -2.20. The molecule has 0 spiro atoms. The highest BCUT2D eigenvalue weighted by Crippen LogP contribution is 2.36. The molecule has 2 aromatic carbocycles. The van der Waals surface area contributed by atoms with Gasteiger partial charge in [-0.15, -0.1) is 0 Å². The number of benzene rings is 2. The van der Waals surface area contributed by atoms with E-state index in [4.69, 9.17) is 11.6 Å². The third-order valence-corrected chi connectivity index (χ3v) is 5.08. The monoisotopic (exact) mass is 458 g/mol. The predicted octanol–water partition coefficient (Wildman–Crippen LogP) is 5.48. The second kappa shape index (κ2) is 9.02. The molecule has 0 saturated heterocycles. The maximum atomic E-state index is 13.4. The van der Waals surface area contributed by atoms with E-state index in [1.807, 2.05) is 35.0 Å². The molecule has 2 heterocycles. The van der Waals surface area contributed by atoms with Crippen molar-refractivity contribution in [1.29, 1.82) is 0 Å². The summed E-state index contributed by atoms with van der Waals surface area (Å²) >= 11 is 5.73. The first-order valence-electron chi connectivity index (χ1n) is 9.70. The quantitative estimate of drug-likeness (QED) is 0.402. The first-order valence-corrected chi connectivity index (χ1v) is 10.1. The van der Waals surface area contributed by atoms with Crippen molar-refractivity contribution >= 4 is 28.8 Å². The van der Waals surface area contributed by atoms with Gasteiger partial charge in [-0.05, 0) is 35.9 Å². The Kier molecular flexibility index (Phi) is 6.16. The molecular formula is C23H18ClF3N4O. The van der Waals surface area contributed by atoms with Gasteiger partial charge in [0, 0.05) is 24.0 Å². The number of nitrogens with zero attached hydrogens (tertiary/aromatic N) is 2. The Hall–Kier alpha value is -3.36. The van der Waals surface area contributed by atoms with E-state index >= 15 is 0 Å². The maximum Gasteiger partial charge on any atom is 0.418 e. The zero-order valence-electron chi connectivity index (χ0n) is 16.6. The molecule has 2 N–H and O–H groups in total. The smallest absolute Gasteiger partial charge is 0.324 e. The fourth-order valence-electron chi connectivity index (χ4n) is 3.35. The summed E-state index contributed by atoms with van der Waals surface area (Å²) in [5.41, 5.74) is 0.678. The molecule has 4 rings (SSSR count). The Morgan fingerprint density at radius 2 is 1.81 bits per heavy atom. The normalized spacial score (nSPS) is 12.6. The number of hydrogen-bond acceptors (Lipinski definition) is 3. The van der Waals surface area contributed by atoms with Gasteiger partial charge in [-0.2, -0.15) is 13.2 Å². The lowest BCUT2D eigenvalue weighted by atomic mass is 10.1. The van der Waals surface area contributed by atoms with E-state index in [-0.39, 0.29) is 17.3 Å². The number of nitrogens with one attached hydrogen (secondary N) is 2. The minimum atomic E-state index is -4.67. The SMILES string of the molecule is O=C(Nc1ccc(Cl)cc1C(F)(F)F)C(NCc1cn2ccccc2n1)c1ccccc1. The summed E-state index contributed by atoms with van der Waals surface area (Å²) in [5.74, 6) is -0.632. The summed E-state index contributed by atoms with van der Waals surface area (Å²) < 4.78 is 42.2. The number of hydrogen-bond donors (Lipinski definition) is 2. The average molecular weight is 459 g/mol. The number of carbonyl (C=O) groups is 1. The second-order valence-electron chi connectivity index (χ2n) is 7.10. The number of pyridine rings is 1. The van der Waals surface area contributed by atoms with Crippen LogP contribution in [0.5, 0.6) is 0 Å². The van der Waals surface area contributed by atoms with Crippen LogP contribution in [0.4, 0.5) is 18.9 Å². The van der Waals surface area contributed by atoms with Crippen molar-refractivity contribution < 1.29 is 18.0 Å². The van der Waals surface area contributed by atoms with E-state index in [9.17, 15) is 18.0 Å². The van der Waals surface area contributed by atoms with Crippen LogP contribution in [-0.2, 0) is 17.5 Å². The number of rotatable bonds is 6. The lowest BCUT2D eigenvalue weighted by molar-refractivity contribution is -0.137. The minimum absolute atomic E-state index is 0.0695. The molecule has 0 fully saturated rings. The Labute approximate surface area is 186 Å². The highest BCUT2D eigenvalue weighted by molar-refractivity contribution is 6.30. The molecule has 0 bridgehead atoms. The van der Waals surface area contributed by atoms with E-state index in [2.05, 4.69) is 15.6 Å². The summed E-state index contributed by atoms with van der Waals surface area (Å²) in [7, 11) is 0. The summed E-state index contributed by atoms with van der Waals surface area (Å²) in [5, 5.41) is 5.44. The van der Waals surface area contributed by atoms with Gasteiger partial charge in [-0.25, -0.2) is 4.98 Å². The van der Waals surface area contributed by atoms with Crippen LogP contribution in [0.15, 0.2) is 79.1 Å². The average Bonchev–Trinajstić information content (AvgIpc) is 3.18. The minimum Gasteiger partial charge on any atom is -0.324 e. The number of anilines is 1. The van der Waals surface area contributed by atoms with Crippen molar-refractivity contribution in [2.24, 2.45) is 0 Å². The highest BCUT2D eigenvalue weighted by Gasteiger charge is 2.35.